The SMILES string of the molecule is CCN(C)Cc1cccc(F)c1Cl. The second-order valence-electron chi connectivity index (χ2n) is 3.04. The monoisotopic (exact) mass is 201 g/mol. The minimum atomic E-state index is -0.344. The number of nitrogens with zero attached hydrogens (tertiary/aromatic N) is 1. The Labute approximate surface area is 83.1 Å². The van der Waals surface area contributed by atoms with Gasteiger partial charge in [0.2, 0.25) is 0 Å². The third-order valence-corrected chi connectivity index (χ3v) is 2.43. The van der Waals surface area contributed by atoms with E-state index in [0.29, 0.717) is 6.54 Å². The molecule has 0 heterocycles. The highest BCUT2D eigenvalue weighted by molar-refractivity contribution is 6.31. The van der Waals surface area contributed by atoms with Crippen molar-refractivity contribution in [2.75, 3.05) is 13.6 Å². The molecule has 0 aliphatic carbocycles. The lowest BCUT2D eigenvalue weighted by atomic mass is 10.2. The Morgan fingerprint density at radius 2 is 2.15 bits per heavy atom. The summed E-state index contributed by atoms with van der Waals surface area (Å²) in [5.74, 6) is -0.344. The van der Waals surface area contributed by atoms with Crippen LogP contribution in [0.2, 0.25) is 5.02 Å². The van der Waals surface area contributed by atoms with Crippen molar-refractivity contribution in [2.24, 2.45) is 0 Å². The van der Waals surface area contributed by atoms with Gasteiger partial charge >= 0.3 is 0 Å². The highest BCUT2D eigenvalue weighted by Gasteiger charge is 2.06. The average Bonchev–Trinajstić information content (AvgIpc) is 2.13. The average molecular weight is 202 g/mol. The first-order chi connectivity index (χ1) is 6.15. The van der Waals surface area contributed by atoms with E-state index in [1.807, 2.05) is 20.0 Å². The van der Waals surface area contributed by atoms with Gasteiger partial charge in [-0.1, -0.05) is 30.7 Å². The van der Waals surface area contributed by atoms with Crippen LogP contribution in [0, 0.1) is 5.82 Å². The molecule has 1 aromatic carbocycles. The Bertz CT molecular complexity index is 288. The summed E-state index contributed by atoms with van der Waals surface area (Å²) in [7, 11) is 1.97. The lowest BCUT2D eigenvalue weighted by Gasteiger charge is -2.14. The molecule has 0 fully saturated rings. The summed E-state index contributed by atoms with van der Waals surface area (Å²) >= 11 is 5.79. The zero-order chi connectivity index (χ0) is 9.84. The first kappa shape index (κ1) is 10.5. The van der Waals surface area contributed by atoms with E-state index in [1.54, 1.807) is 6.07 Å². The largest absolute Gasteiger partial charge is 0.302 e. The Kier molecular flexibility index (Phi) is 3.70. The highest BCUT2D eigenvalue weighted by atomic mass is 35.5. The van der Waals surface area contributed by atoms with E-state index in [4.69, 9.17) is 11.6 Å². The summed E-state index contributed by atoms with van der Waals surface area (Å²) in [4.78, 5) is 2.07. The van der Waals surface area contributed by atoms with Crippen molar-refractivity contribution in [3.8, 4) is 0 Å². The van der Waals surface area contributed by atoms with Gasteiger partial charge in [-0.2, -0.15) is 0 Å². The standard InChI is InChI=1S/C10H13ClFN/c1-3-13(2)7-8-5-4-6-9(12)10(8)11/h4-6H,3,7H2,1-2H3. The van der Waals surface area contributed by atoms with Crippen LogP contribution in [0.1, 0.15) is 12.5 Å². The third-order valence-electron chi connectivity index (χ3n) is 2.01. The van der Waals surface area contributed by atoms with Gasteiger partial charge in [-0.05, 0) is 25.2 Å². The Morgan fingerprint density at radius 3 is 2.77 bits per heavy atom. The van der Waals surface area contributed by atoms with E-state index >= 15 is 0 Å². The lowest BCUT2D eigenvalue weighted by Crippen LogP contribution is -2.17. The molecule has 1 rings (SSSR count). The first-order valence-electron chi connectivity index (χ1n) is 4.26. The van der Waals surface area contributed by atoms with E-state index in [9.17, 15) is 4.39 Å². The van der Waals surface area contributed by atoms with Crippen molar-refractivity contribution >= 4 is 11.6 Å². The summed E-state index contributed by atoms with van der Waals surface area (Å²) in [6.45, 7) is 3.66. The van der Waals surface area contributed by atoms with E-state index in [-0.39, 0.29) is 10.8 Å². The topological polar surface area (TPSA) is 3.24 Å². The molecule has 0 atom stereocenters. The van der Waals surface area contributed by atoms with Gasteiger partial charge in [0.05, 0.1) is 5.02 Å². The molecule has 0 aliphatic heterocycles. The van der Waals surface area contributed by atoms with Gasteiger partial charge in [-0.25, -0.2) is 4.39 Å². The molecule has 72 valence electrons. The van der Waals surface area contributed by atoms with E-state index in [1.165, 1.54) is 6.07 Å². The molecule has 0 unspecified atom stereocenters. The zero-order valence-corrected chi connectivity index (χ0v) is 8.61. The number of hydrogen-bond donors (Lipinski definition) is 0. The molecular weight excluding hydrogens is 189 g/mol. The summed E-state index contributed by atoms with van der Waals surface area (Å²) in [6.07, 6.45) is 0. The van der Waals surface area contributed by atoms with E-state index < -0.39 is 0 Å². The highest BCUT2D eigenvalue weighted by Crippen LogP contribution is 2.20. The predicted molar refractivity (Wildman–Crippen MR) is 53.4 cm³/mol. The maximum Gasteiger partial charge on any atom is 0.142 e. The van der Waals surface area contributed by atoms with Crippen molar-refractivity contribution in [3.05, 3.63) is 34.6 Å². The summed E-state index contributed by atoms with van der Waals surface area (Å²) in [5, 5.41) is 0.239. The van der Waals surface area contributed by atoms with Crippen LogP contribution in [-0.2, 0) is 6.54 Å². The van der Waals surface area contributed by atoms with Crippen molar-refractivity contribution in [3.63, 3.8) is 0 Å². The molecule has 0 aliphatic rings. The second-order valence-corrected chi connectivity index (χ2v) is 3.42. The van der Waals surface area contributed by atoms with Crippen molar-refractivity contribution in [1.82, 2.24) is 4.90 Å². The van der Waals surface area contributed by atoms with Crippen LogP contribution >= 0.6 is 11.6 Å². The van der Waals surface area contributed by atoms with Gasteiger partial charge in [-0.3, -0.25) is 0 Å². The van der Waals surface area contributed by atoms with Crippen molar-refractivity contribution in [1.29, 1.82) is 0 Å². The molecule has 1 nitrogen and oxygen atoms in total. The molecule has 0 radical (unpaired) electrons. The van der Waals surface area contributed by atoms with Crippen LogP contribution in [0.5, 0.6) is 0 Å². The second kappa shape index (κ2) is 4.58. The molecule has 0 N–H and O–H groups in total. The quantitative estimate of drug-likeness (QED) is 0.727. The summed E-state index contributed by atoms with van der Waals surface area (Å²) < 4.78 is 13.0. The molecule has 0 spiro atoms. The van der Waals surface area contributed by atoms with Gasteiger partial charge in [0.25, 0.3) is 0 Å². The Hall–Kier alpha value is -0.600. The molecule has 0 aromatic heterocycles. The molecule has 0 saturated heterocycles. The van der Waals surface area contributed by atoms with Crippen LogP contribution in [0.15, 0.2) is 18.2 Å². The van der Waals surface area contributed by atoms with Gasteiger partial charge < -0.3 is 4.90 Å². The number of rotatable bonds is 3. The summed E-state index contributed by atoms with van der Waals surface area (Å²) in [5.41, 5.74) is 0.839. The van der Waals surface area contributed by atoms with Gasteiger partial charge in [-0.15, -0.1) is 0 Å². The van der Waals surface area contributed by atoms with Gasteiger partial charge in [0.1, 0.15) is 5.82 Å². The molecule has 13 heavy (non-hydrogen) atoms. The van der Waals surface area contributed by atoms with Crippen LogP contribution in [0.3, 0.4) is 0 Å². The molecule has 0 bridgehead atoms. The van der Waals surface area contributed by atoms with Crippen LogP contribution < -0.4 is 0 Å². The molecular formula is C10H13ClFN. The lowest BCUT2D eigenvalue weighted by molar-refractivity contribution is 0.345. The Morgan fingerprint density at radius 1 is 1.46 bits per heavy atom. The number of benzene rings is 1. The number of hydrogen-bond acceptors (Lipinski definition) is 1. The van der Waals surface area contributed by atoms with Crippen LogP contribution in [0.25, 0.3) is 0 Å². The van der Waals surface area contributed by atoms with Crippen LogP contribution in [0.4, 0.5) is 4.39 Å². The fourth-order valence-electron chi connectivity index (χ4n) is 1.07. The minimum Gasteiger partial charge on any atom is -0.302 e. The first-order valence-corrected chi connectivity index (χ1v) is 4.64. The predicted octanol–water partition coefficient (Wildman–Crippen LogP) is 2.93. The molecule has 1 aromatic rings. The van der Waals surface area contributed by atoms with Gasteiger partial charge in [0, 0.05) is 6.54 Å². The van der Waals surface area contributed by atoms with Crippen molar-refractivity contribution < 1.29 is 4.39 Å². The van der Waals surface area contributed by atoms with Crippen molar-refractivity contribution in [2.45, 2.75) is 13.5 Å². The summed E-state index contributed by atoms with van der Waals surface area (Å²) in [6, 6.07) is 4.90. The third kappa shape index (κ3) is 2.68. The number of halogens is 2. The normalized spacial score (nSPS) is 10.8. The maximum absolute atomic E-state index is 13.0. The van der Waals surface area contributed by atoms with Gasteiger partial charge in [0.15, 0.2) is 0 Å². The molecule has 0 amide bonds. The minimum absolute atomic E-state index is 0.239. The Balaban J connectivity index is 2.83. The zero-order valence-electron chi connectivity index (χ0n) is 7.85. The van der Waals surface area contributed by atoms with E-state index in [2.05, 4.69) is 4.90 Å². The smallest absolute Gasteiger partial charge is 0.142 e. The fraction of sp³-hybridized carbons (Fsp3) is 0.400. The molecule has 3 heteroatoms. The fourth-order valence-corrected chi connectivity index (χ4v) is 1.26. The van der Waals surface area contributed by atoms with Crippen LogP contribution in [-0.4, -0.2) is 18.5 Å². The maximum atomic E-state index is 13.0. The molecule has 0 saturated carbocycles. The van der Waals surface area contributed by atoms with E-state index in [0.717, 1.165) is 12.1 Å².